The number of benzene rings is 2. The predicted molar refractivity (Wildman–Crippen MR) is 203 cm³/mol. The van der Waals surface area contributed by atoms with Crippen LogP contribution in [0.2, 0.25) is 5.02 Å². The molecule has 55 heavy (non-hydrogen) atoms. The first-order valence-electron chi connectivity index (χ1n) is 18.6. The molecule has 4 aliphatic rings. The summed E-state index contributed by atoms with van der Waals surface area (Å²) in [7, 11) is 0. The van der Waals surface area contributed by atoms with Crippen LogP contribution in [0.4, 0.5) is 5.69 Å². The highest BCUT2D eigenvalue weighted by Crippen LogP contribution is 2.58. The molecule has 1 aliphatic carbocycles. The third-order valence-corrected chi connectivity index (χ3v) is 12.0. The molecule has 4 heterocycles. The Morgan fingerprint density at radius 1 is 0.945 bits per heavy atom. The van der Waals surface area contributed by atoms with Gasteiger partial charge in [0, 0.05) is 67.1 Å². The van der Waals surface area contributed by atoms with Crippen LogP contribution in [0, 0.1) is 22.2 Å². The zero-order valence-corrected chi connectivity index (χ0v) is 32.1. The number of carbonyl (C=O) groups excluding carboxylic acids is 5. The maximum absolute atomic E-state index is 14.3. The van der Waals surface area contributed by atoms with Gasteiger partial charge in [0.05, 0.1) is 33.3 Å². The second-order valence-electron chi connectivity index (χ2n) is 16.0. The molecule has 1 aromatic heterocycles. The van der Waals surface area contributed by atoms with Gasteiger partial charge in [-0.1, -0.05) is 39.3 Å². The van der Waals surface area contributed by atoms with E-state index in [4.69, 9.17) is 22.1 Å². The highest BCUT2D eigenvalue weighted by atomic mass is 35.5. The van der Waals surface area contributed by atoms with E-state index in [1.54, 1.807) is 36.4 Å². The van der Waals surface area contributed by atoms with E-state index in [2.05, 4.69) is 14.8 Å². The number of piperazine rings is 1. The van der Waals surface area contributed by atoms with Crippen LogP contribution in [0.1, 0.15) is 89.3 Å². The van der Waals surface area contributed by atoms with E-state index < -0.39 is 52.6 Å². The van der Waals surface area contributed by atoms with Crippen molar-refractivity contribution in [3.05, 3.63) is 87.7 Å². The number of hydrogen-bond donors (Lipinski definition) is 1. The minimum absolute atomic E-state index is 0.0108. The zero-order chi connectivity index (χ0) is 39.4. The van der Waals surface area contributed by atoms with Crippen molar-refractivity contribution in [3.8, 4) is 11.8 Å². The van der Waals surface area contributed by atoms with Crippen molar-refractivity contribution in [1.82, 2.24) is 19.7 Å². The molecule has 5 amide bonds. The Bertz CT molecular complexity index is 2110. The molecule has 14 heteroatoms. The van der Waals surface area contributed by atoms with Crippen molar-refractivity contribution in [2.24, 2.45) is 16.6 Å². The van der Waals surface area contributed by atoms with Gasteiger partial charge in [-0.15, -0.1) is 0 Å². The molecule has 286 valence electrons. The Hall–Kier alpha value is -5.32. The maximum atomic E-state index is 14.3. The number of hydrogen-bond acceptors (Lipinski definition) is 10. The Morgan fingerprint density at radius 2 is 1.65 bits per heavy atom. The number of aromatic nitrogens is 1. The minimum Gasteiger partial charge on any atom is -0.489 e. The quantitative estimate of drug-likeness (QED) is 0.291. The number of pyridine rings is 1. The van der Waals surface area contributed by atoms with Gasteiger partial charge in [0.2, 0.25) is 11.8 Å². The van der Waals surface area contributed by atoms with Gasteiger partial charge in [-0.3, -0.25) is 43.7 Å². The van der Waals surface area contributed by atoms with E-state index >= 15 is 0 Å². The number of carbonyl (C=O) groups is 5. The van der Waals surface area contributed by atoms with E-state index in [0.29, 0.717) is 16.9 Å². The van der Waals surface area contributed by atoms with Crippen LogP contribution in [-0.4, -0.2) is 100 Å². The molecule has 3 fully saturated rings. The number of nitrogens with two attached hydrogens (primary N) is 1. The Balaban J connectivity index is 0.994. The molecule has 2 aromatic carbocycles. The molecule has 0 radical (unpaired) electrons. The minimum atomic E-state index is -1.11. The zero-order valence-electron chi connectivity index (χ0n) is 31.4. The van der Waals surface area contributed by atoms with Gasteiger partial charge < -0.3 is 15.4 Å². The predicted octanol–water partition coefficient (Wildman–Crippen LogP) is 4.46. The summed E-state index contributed by atoms with van der Waals surface area (Å²) >= 11 is 6.26. The van der Waals surface area contributed by atoms with E-state index in [9.17, 15) is 29.2 Å². The Labute approximate surface area is 324 Å². The number of nitrogens with zero attached hydrogens (tertiary/aromatic N) is 6. The number of piperidine rings is 1. The first-order valence-corrected chi connectivity index (χ1v) is 19.0. The number of primary amides is 1. The van der Waals surface area contributed by atoms with Crippen molar-refractivity contribution in [2.45, 2.75) is 71.6 Å². The van der Waals surface area contributed by atoms with Crippen LogP contribution in [0.25, 0.3) is 0 Å². The summed E-state index contributed by atoms with van der Waals surface area (Å²) in [6.07, 6.45) is 2.84. The number of halogens is 1. The fourth-order valence-corrected chi connectivity index (χ4v) is 9.54. The van der Waals surface area contributed by atoms with Gasteiger partial charge in [-0.05, 0) is 68.3 Å². The Kier molecular flexibility index (Phi) is 9.94. The number of rotatable bonds is 10. The van der Waals surface area contributed by atoms with E-state index in [1.807, 2.05) is 45.9 Å². The van der Waals surface area contributed by atoms with Gasteiger partial charge in [-0.2, -0.15) is 5.26 Å². The normalized spacial score (nSPS) is 23.3. The molecule has 0 spiro atoms. The number of ether oxygens (including phenoxy) is 1. The fourth-order valence-electron chi connectivity index (χ4n) is 9.33. The topological polar surface area (TPSA) is 170 Å². The summed E-state index contributed by atoms with van der Waals surface area (Å²) in [6.45, 7) is 11.7. The molecule has 2 saturated heterocycles. The molecular formula is C41H44ClN7O6. The molecule has 7 rings (SSSR count). The van der Waals surface area contributed by atoms with Crippen LogP contribution < -0.4 is 15.4 Å². The van der Waals surface area contributed by atoms with Gasteiger partial charge in [0.25, 0.3) is 17.7 Å². The molecule has 1 saturated carbocycles. The highest BCUT2D eigenvalue weighted by molar-refractivity contribution is 6.31. The van der Waals surface area contributed by atoms with Crippen LogP contribution in [0.15, 0.2) is 54.7 Å². The molecule has 2 N–H and O–H groups in total. The average Bonchev–Trinajstić information content (AvgIpc) is 3.40. The molecule has 0 bridgehead atoms. The number of aryl methyl sites for hydroxylation is 1. The summed E-state index contributed by atoms with van der Waals surface area (Å²) in [5.41, 5.74) is 6.87. The molecule has 1 unspecified atom stereocenters. The number of imide groups is 2. The largest absolute Gasteiger partial charge is 0.489 e. The van der Waals surface area contributed by atoms with Gasteiger partial charge in [0.15, 0.2) is 0 Å². The van der Waals surface area contributed by atoms with Gasteiger partial charge in [-0.25, -0.2) is 0 Å². The van der Waals surface area contributed by atoms with Crippen molar-refractivity contribution < 1.29 is 28.7 Å². The first kappa shape index (κ1) is 38.0. The number of fused-ring (bicyclic) bond motifs is 1. The number of anilines is 1. The lowest BCUT2D eigenvalue weighted by Gasteiger charge is -2.65. The molecule has 1 atom stereocenters. The Morgan fingerprint density at radius 3 is 2.29 bits per heavy atom. The standard InChI is InChI=1S/C41H44ClN7O6/c1-40(2)38(41(3,4)39(40)55-28-11-8-24(22-43)31(42)21-28)49-33(50)14-13-32(37(49)54)48-35(52)29-12-10-27(20-30(29)36(48)53)47-18-16-46(17-19-47)15-5-6-26-9-7-25(23-45-26)34(44)51/h7-12,20-21,23,32,38-39H,5-6,13-19H2,1-4H3,(H2,44,51). The van der Waals surface area contributed by atoms with Crippen molar-refractivity contribution in [3.63, 3.8) is 0 Å². The lowest BCUT2D eigenvalue weighted by Crippen LogP contribution is -2.77. The van der Waals surface area contributed by atoms with Crippen molar-refractivity contribution in [1.29, 1.82) is 5.26 Å². The number of likely N-dealkylation sites (tertiary alicyclic amines) is 1. The third kappa shape index (κ3) is 6.72. The number of nitriles is 1. The molecule has 13 nitrogen and oxygen atoms in total. The van der Waals surface area contributed by atoms with E-state index in [1.165, 1.54) is 11.1 Å². The third-order valence-electron chi connectivity index (χ3n) is 11.7. The van der Waals surface area contributed by atoms with Crippen LogP contribution in [0.5, 0.6) is 5.75 Å². The van der Waals surface area contributed by atoms with Gasteiger partial charge >= 0.3 is 0 Å². The van der Waals surface area contributed by atoms with E-state index in [-0.39, 0.29) is 34.9 Å². The van der Waals surface area contributed by atoms with E-state index in [0.717, 1.165) is 61.8 Å². The van der Waals surface area contributed by atoms with Crippen LogP contribution >= 0.6 is 11.6 Å². The lowest BCUT2D eigenvalue weighted by molar-refractivity contribution is -0.216. The number of amides is 5. The van der Waals surface area contributed by atoms with Crippen LogP contribution in [0.3, 0.4) is 0 Å². The second-order valence-corrected chi connectivity index (χ2v) is 16.4. The van der Waals surface area contributed by atoms with Crippen molar-refractivity contribution in [2.75, 3.05) is 37.6 Å². The summed E-state index contributed by atoms with van der Waals surface area (Å²) in [6, 6.07) is 14.0. The lowest BCUT2D eigenvalue weighted by atomic mass is 9.48. The maximum Gasteiger partial charge on any atom is 0.262 e. The summed E-state index contributed by atoms with van der Waals surface area (Å²) < 4.78 is 6.38. The summed E-state index contributed by atoms with van der Waals surface area (Å²) in [5, 5.41) is 9.52. The second kappa shape index (κ2) is 14.4. The van der Waals surface area contributed by atoms with Crippen LogP contribution in [-0.2, 0) is 16.0 Å². The first-order chi connectivity index (χ1) is 26.1. The molecule has 3 aromatic rings. The smallest absolute Gasteiger partial charge is 0.262 e. The summed E-state index contributed by atoms with van der Waals surface area (Å²) in [4.78, 5) is 78.2. The highest BCUT2D eigenvalue weighted by Gasteiger charge is 2.68. The fraction of sp³-hybridized carbons (Fsp3) is 0.439. The monoisotopic (exact) mass is 765 g/mol. The molecular weight excluding hydrogens is 722 g/mol. The van der Waals surface area contributed by atoms with Crippen molar-refractivity contribution >= 4 is 46.8 Å². The van der Waals surface area contributed by atoms with Gasteiger partial charge in [0.1, 0.15) is 24.0 Å². The SMILES string of the molecule is CC1(C)C(Oc2ccc(C#N)c(Cl)c2)C(C)(C)C1N1C(=O)CCC(N2C(=O)c3ccc(N4CCN(CCCc5ccc(C(N)=O)cn5)CC4)cc3C2=O)C1=O. The average molecular weight is 766 g/mol. The summed E-state index contributed by atoms with van der Waals surface area (Å²) in [5.74, 6) is -2.00. The molecule has 3 aliphatic heterocycles.